The van der Waals surface area contributed by atoms with Gasteiger partial charge in [0.05, 0.1) is 0 Å². The molecule has 0 amide bonds. The summed E-state index contributed by atoms with van der Waals surface area (Å²) in [5.41, 5.74) is 4.30. The third-order valence-electron chi connectivity index (χ3n) is 5.83. The van der Waals surface area contributed by atoms with Crippen molar-refractivity contribution in [1.29, 1.82) is 0 Å². The van der Waals surface area contributed by atoms with Gasteiger partial charge in [0.1, 0.15) is 0 Å². The molecule has 5 rings (SSSR count). The van der Waals surface area contributed by atoms with Crippen molar-refractivity contribution in [3.05, 3.63) is 109 Å². The molecular formula is C28H26S. The Morgan fingerprint density at radius 2 is 1.03 bits per heavy atom. The van der Waals surface area contributed by atoms with Gasteiger partial charge >= 0.3 is 0 Å². The van der Waals surface area contributed by atoms with E-state index in [1.165, 1.54) is 36.3 Å². The van der Waals surface area contributed by atoms with Crippen molar-refractivity contribution in [2.75, 3.05) is 0 Å². The summed E-state index contributed by atoms with van der Waals surface area (Å²) < 4.78 is 0. The molecule has 0 aliphatic carbocycles. The van der Waals surface area contributed by atoms with Crippen LogP contribution in [0.2, 0.25) is 0 Å². The van der Waals surface area contributed by atoms with Crippen molar-refractivity contribution in [2.24, 2.45) is 0 Å². The third kappa shape index (κ3) is 2.61. The number of hydrogen-bond donors (Lipinski definition) is 0. The van der Waals surface area contributed by atoms with Gasteiger partial charge in [-0.25, -0.2) is 0 Å². The van der Waals surface area contributed by atoms with E-state index in [4.69, 9.17) is 0 Å². The first-order chi connectivity index (χ1) is 14.0. The molecule has 29 heavy (non-hydrogen) atoms. The van der Waals surface area contributed by atoms with Crippen molar-refractivity contribution in [3.63, 3.8) is 0 Å². The van der Waals surface area contributed by atoms with Crippen LogP contribution in [0.1, 0.15) is 26.3 Å². The summed E-state index contributed by atoms with van der Waals surface area (Å²) in [6, 6.07) is 38.3. The van der Waals surface area contributed by atoms with Crippen molar-refractivity contribution in [1.82, 2.24) is 0 Å². The monoisotopic (exact) mass is 394 g/mol. The Labute approximate surface area is 175 Å². The van der Waals surface area contributed by atoms with E-state index in [2.05, 4.69) is 124 Å². The summed E-state index contributed by atoms with van der Waals surface area (Å²) in [5, 5.41) is 0. The van der Waals surface area contributed by atoms with E-state index in [0.29, 0.717) is 0 Å². The molecule has 0 saturated heterocycles. The highest BCUT2D eigenvalue weighted by Crippen LogP contribution is 2.80. The lowest BCUT2D eigenvalue weighted by Gasteiger charge is -2.42. The quantitative estimate of drug-likeness (QED) is 0.282. The predicted molar refractivity (Wildman–Crippen MR) is 124 cm³/mol. The van der Waals surface area contributed by atoms with Gasteiger partial charge in [-0.2, -0.15) is 0 Å². The Balaban J connectivity index is 2.02. The Morgan fingerprint density at radius 3 is 1.62 bits per heavy atom. The molecule has 0 unspecified atom stereocenters. The lowest BCUT2D eigenvalue weighted by molar-refractivity contribution is 0.578. The van der Waals surface area contributed by atoms with Crippen LogP contribution in [-0.4, -0.2) is 0 Å². The number of benzene rings is 4. The molecule has 0 aromatic heterocycles. The second-order valence-electron chi connectivity index (χ2n) is 8.67. The van der Waals surface area contributed by atoms with Gasteiger partial charge in [-0.05, 0) is 52.4 Å². The van der Waals surface area contributed by atoms with Crippen molar-refractivity contribution in [2.45, 2.75) is 45.8 Å². The van der Waals surface area contributed by atoms with E-state index < -0.39 is 10.0 Å². The second-order valence-corrected chi connectivity index (χ2v) is 11.7. The standard InChI is InChI=1S/C28H26S/c1-28(2,3)25-19-12-18-24-23-17-10-11-20-26(23)29(27(24)25,21-13-6-4-7-14-21)22-15-8-5-9-16-22/h4-20H,1-3H3. The van der Waals surface area contributed by atoms with Gasteiger partial charge in [-0.15, -0.1) is 10.0 Å². The molecule has 1 aliphatic heterocycles. The molecule has 0 N–H and O–H groups in total. The topological polar surface area (TPSA) is 0 Å². The van der Waals surface area contributed by atoms with Crippen LogP contribution in [-0.2, 0) is 5.41 Å². The average molecular weight is 395 g/mol. The molecule has 0 bridgehead atoms. The number of rotatable bonds is 2. The van der Waals surface area contributed by atoms with Crippen LogP contribution in [0, 0.1) is 0 Å². The first-order valence-electron chi connectivity index (χ1n) is 10.2. The first-order valence-corrected chi connectivity index (χ1v) is 11.8. The molecule has 0 spiro atoms. The SMILES string of the molecule is CC(C)(C)c1cccc2c1S(c1ccccc1)(c1ccccc1)c1ccccc1-2. The van der Waals surface area contributed by atoms with Gasteiger partial charge in [-0.3, -0.25) is 0 Å². The summed E-state index contributed by atoms with van der Waals surface area (Å²) in [4.78, 5) is 5.80. The maximum atomic E-state index is 2.36. The second kappa shape index (κ2) is 6.64. The van der Waals surface area contributed by atoms with E-state index in [9.17, 15) is 0 Å². The molecule has 1 heteroatoms. The zero-order valence-corrected chi connectivity index (χ0v) is 18.0. The van der Waals surface area contributed by atoms with Gasteiger partial charge in [0.2, 0.25) is 0 Å². The number of hydrogen-bond acceptors (Lipinski definition) is 0. The maximum Gasteiger partial charge on any atom is 0.0139 e. The molecule has 1 aliphatic rings. The predicted octanol–water partition coefficient (Wildman–Crippen LogP) is 8.31. The Hall–Kier alpha value is -2.77. The van der Waals surface area contributed by atoms with Gasteiger partial charge in [-0.1, -0.05) is 93.6 Å². The highest BCUT2D eigenvalue weighted by atomic mass is 32.3. The van der Waals surface area contributed by atoms with Crippen LogP contribution in [0.15, 0.2) is 123 Å². The smallest absolute Gasteiger partial charge is 0.0139 e. The van der Waals surface area contributed by atoms with E-state index in [-0.39, 0.29) is 5.41 Å². The van der Waals surface area contributed by atoms with Gasteiger partial charge < -0.3 is 0 Å². The average Bonchev–Trinajstić information content (AvgIpc) is 3.06. The van der Waals surface area contributed by atoms with Crippen LogP contribution in [0.3, 0.4) is 0 Å². The van der Waals surface area contributed by atoms with Crippen LogP contribution < -0.4 is 0 Å². The minimum absolute atomic E-state index is 0.0647. The Kier molecular flexibility index (Phi) is 4.18. The molecule has 144 valence electrons. The molecule has 0 atom stereocenters. The Morgan fingerprint density at radius 1 is 0.517 bits per heavy atom. The molecule has 1 heterocycles. The van der Waals surface area contributed by atoms with Gasteiger partial charge in [0.15, 0.2) is 0 Å². The summed E-state index contributed by atoms with van der Waals surface area (Å²) >= 11 is 0. The van der Waals surface area contributed by atoms with Crippen molar-refractivity contribution < 1.29 is 0 Å². The zero-order chi connectivity index (χ0) is 20.1. The highest BCUT2D eigenvalue weighted by molar-refractivity contribution is 8.34. The fourth-order valence-corrected chi connectivity index (χ4v) is 9.22. The molecule has 0 nitrogen and oxygen atoms in total. The largest absolute Gasteiger partial charge is 0.131 e. The van der Waals surface area contributed by atoms with E-state index in [1.807, 2.05) is 0 Å². The van der Waals surface area contributed by atoms with Crippen molar-refractivity contribution >= 4 is 10.0 Å². The molecular weight excluding hydrogens is 368 g/mol. The van der Waals surface area contributed by atoms with Gasteiger partial charge in [0.25, 0.3) is 0 Å². The molecule has 0 radical (unpaired) electrons. The van der Waals surface area contributed by atoms with E-state index in [0.717, 1.165) is 0 Å². The van der Waals surface area contributed by atoms with E-state index >= 15 is 0 Å². The number of fused-ring (bicyclic) bond motifs is 3. The van der Waals surface area contributed by atoms with Crippen LogP contribution in [0.25, 0.3) is 11.1 Å². The molecule has 4 aromatic carbocycles. The third-order valence-corrected chi connectivity index (χ3v) is 9.86. The fourth-order valence-electron chi connectivity index (χ4n) is 4.61. The Bertz CT molecular complexity index is 1130. The lowest BCUT2D eigenvalue weighted by Crippen LogP contribution is -2.15. The van der Waals surface area contributed by atoms with Crippen LogP contribution in [0.5, 0.6) is 0 Å². The summed E-state index contributed by atoms with van der Waals surface area (Å²) in [6.45, 7) is 7.02. The maximum absolute atomic E-state index is 2.36. The molecule has 0 fully saturated rings. The highest BCUT2D eigenvalue weighted by Gasteiger charge is 2.44. The molecule has 4 aromatic rings. The molecule has 0 saturated carbocycles. The van der Waals surface area contributed by atoms with Gasteiger partial charge in [0, 0.05) is 19.6 Å². The van der Waals surface area contributed by atoms with Crippen molar-refractivity contribution in [3.8, 4) is 11.1 Å². The van der Waals surface area contributed by atoms with Crippen LogP contribution >= 0.6 is 10.0 Å². The lowest BCUT2D eigenvalue weighted by atomic mass is 9.85. The minimum Gasteiger partial charge on any atom is -0.131 e. The zero-order valence-electron chi connectivity index (χ0n) is 17.2. The minimum atomic E-state index is -1.55. The fraction of sp³-hybridized carbons (Fsp3) is 0.143. The summed E-state index contributed by atoms with van der Waals surface area (Å²) in [5.74, 6) is 0. The first kappa shape index (κ1) is 18.3. The normalized spacial score (nSPS) is 15.4. The summed E-state index contributed by atoms with van der Waals surface area (Å²) in [7, 11) is -1.55. The van der Waals surface area contributed by atoms with Crippen LogP contribution in [0.4, 0.5) is 0 Å². The summed E-state index contributed by atoms with van der Waals surface area (Å²) in [6.07, 6.45) is 0. The van der Waals surface area contributed by atoms with E-state index in [1.54, 1.807) is 0 Å².